The lowest BCUT2D eigenvalue weighted by Gasteiger charge is -2.30. The van der Waals surface area contributed by atoms with Crippen molar-refractivity contribution in [1.82, 2.24) is 0 Å². The van der Waals surface area contributed by atoms with E-state index in [-0.39, 0.29) is 23.5 Å². The molecule has 0 radical (unpaired) electrons. The first-order valence-corrected chi connectivity index (χ1v) is 6.09. The lowest BCUT2D eigenvalue weighted by Crippen LogP contribution is -2.35. The van der Waals surface area contributed by atoms with Crippen LogP contribution in [0, 0.1) is 17.3 Å². The second-order valence-electron chi connectivity index (χ2n) is 5.70. The largest absolute Gasteiger partial charge is 0.393 e. The number of rotatable bonds is 0. The molecule has 2 heteroatoms. The summed E-state index contributed by atoms with van der Waals surface area (Å²) in [6, 6.07) is 0. The van der Waals surface area contributed by atoms with Crippen molar-refractivity contribution in [3.63, 3.8) is 0 Å². The molecular formula is C12H20O2. The topological polar surface area (TPSA) is 40.5 Å². The molecule has 3 aliphatic carbocycles. The third-order valence-electron chi connectivity index (χ3n) is 5.08. The molecule has 2 N–H and O–H groups in total. The standard InChI is InChI=1S/C12H20O2/c13-9-4-3-8-7-12(5-1-2-6-12)11(14)10(8)9/h8-11,13-14H,1-7H2. The minimum atomic E-state index is -0.213. The molecule has 14 heavy (non-hydrogen) atoms. The molecule has 0 saturated heterocycles. The highest BCUT2D eigenvalue weighted by Crippen LogP contribution is 2.59. The molecule has 0 bridgehead atoms. The van der Waals surface area contributed by atoms with Crippen molar-refractivity contribution in [2.45, 2.75) is 57.2 Å². The molecular weight excluding hydrogens is 176 g/mol. The van der Waals surface area contributed by atoms with Crippen LogP contribution in [0.2, 0.25) is 0 Å². The SMILES string of the molecule is OC1CCC2CC3(CCCC3)C(O)C12. The van der Waals surface area contributed by atoms with Gasteiger partial charge >= 0.3 is 0 Å². The van der Waals surface area contributed by atoms with Gasteiger partial charge in [0.15, 0.2) is 0 Å². The highest BCUT2D eigenvalue weighted by Gasteiger charge is 2.57. The Hall–Kier alpha value is -0.0800. The van der Waals surface area contributed by atoms with Crippen molar-refractivity contribution in [3.05, 3.63) is 0 Å². The molecule has 1 spiro atoms. The molecule has 3 aliphatic rings. The number of hydrogen-bond acceptors (Lipinski definition) is 2. The number of fused-ring (bicyclic) bond motifs is 1. The molecule has 0 aromatic rings. The smallest absolute Gasteiger partial charge is 0.0651 e. The van der Waals surface area contributed by atoms with E-state index in [0.29, 0.717) is 5.92 Å². The lowest BCUT2D eigenvalue weighted by molar-refractivity contribution is -0.0156. The van der Waals surface area contributed by atoms with Crippen LogP contribution in [0.4, 0.5) is 0 Å². The summed E-state index contributed by atoms with van der Waals surface area (Å²) in [4.78, 5) is 0. The Morgan fingerprint density at radius 1 is 1.00 bits per heavy atom. The summed E-state index contributed by atoms with van der Waals surface area (Å²) in [5, 5.41) is 20.2. The number of aliphatic hydroxyl groups excluding tert-OH is 2. The van der Waals surface area contributed by atoms with E-state index in [0.717, 1.165) is 12.8 Å². The molecule has 2 nitrogen and oxygen atoms in total. The van der Waals surface area contributed by atoms with E-state index in [1.165, 1.54) is 32.1 Å². The predicted molar refractivity (Wildman–Crippen MR) is 53.7 cm³/mol. The van der Waals surface area contributed by atoms with Crippen molar-refractivity contribution in [1.29, 1.82) is 0 Å². The fraction of sp³-hybridized carbons (Fsp3) is 1.00. The third kappa shape index (κ3) is 1.04. The average molecular weight is 196 g/mol. The van der Waals surface area contributed by atoms with Crippen LogP contribution in [-0.4, -0.2) is 22.4 Å². The molecule has 0 amide bonds. The Kier molecular flexibility index (Phi) is 1.94. The summed E-state index contributed by atoms with van der Waals surface area (Å²) in [6.45, 7) is 0. The second-order valence-corrected chi connectivity index (χ2v) is 5.70. The van der Waals surface area contributed by atoms with Gasteiger partial charge in [-0.25, -0.2) is 0 Å². The van der Waals surface area contributed by atoms with Gasteiger partial charge in [0.25, 0.3) is 0 Å². The Morgan fingerprint density at radius 3 is 2.36 bits per heavy atom. The zero-order valence-corrected chi connectivity index (χ0v) is 8.65. The molecule has 80 valence electrons. The summed E-state index contributed by atoms with van der Waals surface area (Å²) < 4.78 is 0. The van der Waals surface area contributed by atoms with Gasteiger partial charge in [0.2, 0.25) is 0 Å². The van der Waals surface area contributed by atoms with E-state index >= 15 is 0 Å². The maximum atomic E-state index is 10.4. The van der Waals surface area contributed by atoms with Crippen LogP contribution >= 0.6 is 0 Å². The molecule has 4 unspecified atom stereocenters. The maximum absolute atomic E-state index is 10.4. The first-order chi connectivity index (χ1) is 6.73. The van der Waals surface area contributed by atoms with E-state index in [4.69, 9.17) is 0 Å². The Bertz CT molecular complexity index is 232. The Morgan fingerprint density at radius 2 is 1.71 bits per heavy atom. The van der Waals surface area contributed by atoms with Gasteiger partial charge in [0.1, 0.15) is 0 Å². The van der Waals surface area contributed by atoms with Gasteiger partial charge in [0.05, 0.1) is 12.2 Å². The Labute approximate surface area is 85.3 Å². The molecule has 3 saturated carbocycles. The van der Waals surface area contributed by atoms with Crippen LogP contribution in [0.15, 0.2) is 0 Å². The number of hydrogen-bond donors (Lipinski definition) is 2. The van der Waals surface area contributed by atoms with E-state index in [1.54, 1.807) is 0 Å². The third-order valence-corrected chi connectivity index (χ3v) is 5.08. The van der Waals surface area contributed by atoms with Gasteiger partial charge in [-0.3, -0.25) is 0 Å². The highest BCUT2D eigenvalue weighted by atomic mass is 16.3. The van der Waals surface area contributed by atoms with Crippen LogP contribution < -0.4 is 0 Å². The summed E-state index contributed by atoms with van der Waals surface area (Å²) in [5.41, 5.74) is 0.219. The zero-order chi connectivity index (χ0) is 9.76. The van der Waals surface area contributed by atoms with Crippen LogP contribution in [0.25, 0.3) is 0 Å². The van der Waals surface area contributed by atoms with Crippen molar-refractivity contribution in [2.24, 2.45) is 17.3 Å². The molecule has 0 aromatic carbocycles. The predicted octanol–water partition coefficient (Wildman–Crippen LogP) is 1.70. The number of aliphatic hydroxyl groups is 2. The van der Waals surface area contributed by atoms with Crippen molar-refractivity contribution in [3.8, 4) is 0 Å². The van der Waals surface area contributed by atoms with E-state index in [1.807, 2.05) is 0 Å². The first-order valence-electron chi connectivity index (χ1n) is 6.09. The van der Waals surface area contributed by atoms with E-state index < -0.39 is 0 Å². The van der Waals surface area contributed by atoms with Gasteiger partial charge in [-0.15, -0.1) is 0 Å². The zero-order valence-electron chi connectivity index (χ0n) is 8.65. The normalized spacial score (nSPS) is 50.1. The van der Waals surface area contributed by atoms with Crippen LogP contribution in [-0.2, 0) is 0 Å². The maximum Gasteiger partial charge on any atom is 0.0651 e. The molecule has 3 fully saturated rings. The molecule has 3 rings (SSSR count). The fourth-order valence-corrected chi connectivity index (χ4v) is 4.42. The summed E-state index contributed by atoms with van der Waals surface area (Å²) >= 11 is 0. The van der Waals surface area contributed by atoms with Crippen LogP contribution in [0.5, 0.6) is 0 Å². The monoisotopic (exact) mass is 196 g/mol. The van der Waals surface area contributed by atoms with Gasteiger partial charge in [-0.05, 0) is 43.4 Å². The minimum absolute atomic E-state index is 0.201. The molecule has 0 aromatic heterocycles. The van der Waals surface area contributed by atoms with Crippen molar-refractivity contribution in [2.75, 3.05) is 0 Å². The Balaban J connectivity index is 1.86. The van der Waals surface area contributed by atoms with Crippen molar-refractivity contribution < 1.29 is 10.2 Å². The van der Waals surface area contributed by atoms with Gasteiger partial charge in [-0.1, -0.05) is 12.8 Å². The molecule has 4 atom stereocenters. The van der Waals surface area contributed by atoms with E-state index in [9.17, 15) is 10.2 Å². The quantitative estimate of drug-likeness (QED) is 0.619. The van der Waals surface area contributed by atoms with Gasteiger partial charge in [0, 0.05) is 5.92 Å². The van der Waals surface area contributed by atoms with Crippen LogP contribution in [0.3, 0.4) is 0 Å². The fourth-order valence-electron chi connectivity index (χ4n) is 4.42. The summed E-state index contributed by atoms with van der Waals surface area (Å²) in [5.74, 6) is 0.839. The van der Waals surface area contributed by atoms with Crippen molar-refractivity contribution >= 4 is 0 Å². The molecule has 0 aliphatic heterocycles. The highest BCUT2D eigenvalue weighted by molar-refractivity contribution is 5.07. The lowest BCUT2D eigenvalue weighted by atomic mass is 9.79. The molecule has 0 heterocycles. The second kappa shape index (κ2) is 2.96. The first kappa shape index (κ1) is 9.17. The van der Waals surface area contributed by atoms with E-state index in [2.05, 4.69) is 0 Å². The average Bonchev–Trinajstić information content (AvgIpc) is 2.80. The van der Waals surface area contributed by atoms with Gasteiger partial charge < -0.3 is 10.2 Å². The minimum Gasteiger partial charge on any atom is -0.393 e. The van der Waals surface area contributed by atoms with Crippen LogP contribution in [0.1, 0.15) is 44.9 Å². The summed E-state index contributed by atoms with van der Waals surface area (Å²) in [7, 11) is 0. The van der Waals surface area contributed by atoms with Gasteiger partial charge in [-0.2, -0.15) is 0 Å². The summed E-state index contributed by atoms with van der Waals surface area (Å²) in [6.07, 6.45) is 7.81.